The van der Waals surface area contributed by atoms with Crippen LogP contribution in [0, 0.1) is 0 Å². The lowest BCUT2D eigenvalue weighted by Crippen LogP contribution is -2.26. The van der Waals surface area contributed by atoms with Gasteiger partial charge in [-0.25, -0.2) is 0 Å². The number of Topliss-reactive ketones (excluding diaryl/α,β-unsaturated/α-hetero) is 1. The number of benzene rings is 1. The number of esters is 1. The zero-order valence-electron chi connectivity index (χ0n) is 9.94. The third kappa shape index (κ3) is 5.26. The smallest absolute Gasteiger partial charge is 0.319 e. The van der Waals surface area contributed by atoms with Crippen molar-refractivity contribution in [3.8, 4) is 0 Å². The van der Waals surface area contributed by atoms with Gasteiger partial charge in [0.15, 0.2) is 5.78 Å². The number of hydrogen-bond acceptors (Lipinski definition) is 4. The summed E-state index contributed by atoms with van der Waals surface area (Å²) in [4.78, 5) is 22.6. The summed E-state index contributed by atoms with van der Waals surface area (Å²) in [5, 5.41) is 2.88. The van der Waals surface area contributed by atoms with Crippen LogP contribution in [-0.2, 0) is 9.53 Å². The van der Waals surface area contributed by atoms with Gasteiger partial charge in [0.2, 0.25) is 0 Å². The Balaban J connectivity index is 2.19. The van der Waals surface area contributed by atoms with E-state index in [2.05, 4.69) is 5.32 Å². The molecular weight excluding hydrogens is 218 g/mol. The molecule has 0 radical (unpaired) electrons. The van der Waals surface area contributed by atoms with Gasteiger partial charge >= 0.3 is 5.97 Å². The summed E-state index contributed by atoms with van der Waals surface area (Å²) in [6.07, 6.45) is 0.378. The van der Waals surface area contributed by atoms with E-state index >= 15 is 0 Å². The summed E-state index contributed by atoms with van der Waals surface area (Å²) in [5.74, 6) is -0.221. The van der Waals surface area contributed by atoms with Crippen molar-refractivity contribution in [2.24, 2.45) is 0 Å². The predicted octanol–water partition coefficient (Wildman–Crippen LogP) is 1.41. The summed E-state index contributed by atoms with van der Waals surface area (Å²) in [5.41, 5.74) is 0.699. The Kier molecular flexibility index (Phi) is 5.96. The first-order valence-corrected chi connectivity index (χ1v) is 5.68. The average Bonchev–Trinajstić information content (AvgIpc) is 2.36. The number of carbonyl (C=O) groups excluding carboxylic acids is 2. The molecule has 0 atom stereocenters. The van der Waals surface area contributed by atoms with Crippen LogP contribution in [0.4, 0.5) is 0 Å². The zero-order valence-corrected chi connectivity index (χ0v) is 9.94. The van der Waals surface area contributed by atoms with Gasteiger partial charge in [-0.3, -0.25) is 9.59 Å². The van der Waals surface area contributed by atoms with Crippen LogP contribution in [0.5, 0.6) is 0 Å². The molecule has 4 nitrogen and oxygen atoms in total. The Hall–Kier alpha value is -1.68. The quantitative estimate of drug-likeness (QED) is 0.441. The van der Waals surface area contributed by atoms with E-state index in [0.29, 0.717) is 25.1 Å². The standard InChI is InChI=1S/C13H17NO3/c1-2-17-13(16)10-14-9-8-12(15)11-6-4-3-5-7-11/h3-7,14H,2,8-10H2,1H3. The molecule has 1 aromatic carbocycles. The van der Waals surface area contributed by atoms with Crippen LogP contribution in [0.2, 0.25) is 0 Å². The molecule has 0 saturated heterocycles. The van der Waals surface area contributed by atoms with Gasteiger partial charge in [0, 0.05) is 18.5 Å². The molecule has 0 fully saturated rings. The maximum Gasteiger partial charge on any atom is 0.319 e. The molecule has 0 unspecified atom stereocenters. The summed E-state index contributed by atoms with van der Waals surface area (Å²) >= 11 is 0. The topological polar surface area (TPSA) is 55.4 Å². The fourth-order valence-electron chi connectivity index (χ4n) is 1.37. The molecule has 0 heterocycles. The van der Waals surface area contributed by atoms with Gasteiger partial charge in [0.1, 0.15) is 0 Å². The predicted molar refractivity (Wildman–Crippen MR) is 64.9 cm³/mol. The first kappa shape index (κ1) is 13.4. The van der Waals surface area contributed by atoms with Crippen LogP contribution >= 0.6 is 0 Å². The molecule has 92 valence electrons. The first-order valence-electron chi connectivity index (χ1n) is 5.68. The minimum absolute atomic E-state index is 0.0713. The Bertz CT molecular complexity index is 362. The maximum absolute atomic E-state index is 11.7. The van der Waals surface area contributed by atoms with Crippen LogP contribution in [0.25, 0.3) is 0 Å². The number of carbonyl (C=O) groups is 2. The van der Waals surface area contributed by atoms with E-state index in [1.807, 2.05) is 18.2 Å². The van der Waals surface area contributed by atoms with Crippen molar-refractivity contribution in [3.05, 3.63) is 35.9 Å². The molecule has 0 bridgehead atoms. The van der Waals surface area contributed by atoms with E-state index in [0.717, 1.165) is 0 Å². The van der Waals surface area contributed by atoms with E-state index in [1.165, 1.54) is 0 Å². The second-order valence-electron chi connectivity index (χ2n) is 3.52. The van der Waals surface area contributed by atoms with Gasteiger partial charge < -0.3 is 10.1 Å². The van der Waals surface area contributed by atoms with Crippen molar-refractivity contribution < 1.29 is 14.3 Å². The van der Waals surface area contributed by atoms with Crippen LogP contribution in [0.1, 0.15) is 23.7 Å². The van der Waals surface area contributed by atoms with Crippen LogP contribution in [-0.4, -0.2) is 31.4 Å². The Labute approximate surface area is 101 Å². The third-order valence-electron chi connectivity index (χ3n) is 2.20. The van der Waals surface area contributed by atoms with Crippen molar-refractivity contribution in [2.45, 2.75) is 13.3 Å². The number of ketones is 1. The molecule has 0 aliphatic carbocycles. The number of hydrogen-bond donors (Lipinski definition) is 1. The molecular formula is C13H17NO3. The molecule has 4 heteroatoms. The molecule has 17 heavy (non-hydrogen) atoms. The van der Waals surface area contributed by atoms with E-state index in [4.69, 9.17) is 4.74 Å². The highest BCUT2D eigenvalue weighted by Crippen LogP contribution is 2.01. The molecule has 1 N–H and O–H groups in total. The average molecular weight is 235 g/mol. The maximum atomic E-state index is 11.7. The Morgan fingerprint density at radius 3 is 2.59 bits per heavy atom. The van der Waals surface area contributed by atoms with E-state index in [1.54, 1.807) is 19.1 Å². The van der Waals surface area contributed by atoms with E-state index < -0.39 is 0 Å². The summed E-state index contributed by atoms with van der Waals surface area (Å²) < 4.78 is 4.75. The van der Waals surface area contributed by atoms with Crippen molar-refractivity contribution in [2.75, 3.05) is 19.7 Å². The summed E-state index contributed by atoms with van der Waals surface area (Å²) in [6.45, 7) is 2.77. The zero-order chi connectivity index (χ0) is 12.5. The molecule has 1 rings (SSSR count). The normalized spacial score (nSPS) is 9.94. The van der Waals surface area contributed by atoms with Crippen LogP contribution < -0.4 is 5.32 Å². The lowest BCUT2D eigenvalue weighted by Gasteiger charge is -2.04. The highest BCUT2D eigenvalue weighted by atomic mass is 16.5. The van der Waals surface area contributed by atoms with Crippen LogP contribution in [0.3, 0.4) is 0 Å². The Morgan fingerprint density at radius 2 is 1.94 bits per heavy atom. The second kappa shape index (κ2) is 7.57. The molecule has 1 aromatic rings. The lowest BCUT2D eigenvalue weighted by atomic mass is 10.1. The van der Waals surface area contributed by atoms with Crippen molar-refractivity contribution >= 4 is 11.8 Å². The monoisotopic (exact) mass is 235 g/mol. The lowest BCUT2D eigenvalue weighted by molar-refractivity contribution is -0.141. The number of nitrogens with one attached hydrogen (secondary N) is 1. The molecule has 0 saturated carbocycles. The van der Waals surface area contributed by atoms with Crippen molar-refractivity contribution in [1.82, 2.24) is 5.32 Å². The minimum Gasteiger partial charge on any atom is -0.465 e. The fourth-order valence-corrected chi connectivity index (χ4v) is 1.37. The molecule has 0 aromatic heterocycles. The number of rotatable bonds is 7. The van der Waals surface area contributed by atoms with Crippen molar-refractivity contribution in [3.63, 3.8) is 0 Å². The number of ether oxygens (including phenoxy) is 1. The van der Waals surface area contributed by atoms with Crippen molar-refractivity contribution in [1.29, 1.82) is 0 Å². The second-order valence-corrected chi connectivity index (χ2v) is 3.52. The van der Waals surface area contributed by atoms with Gasteiger partial charge in [-0.05, 0) is 6.92 Å². The molecule has 0 spiro atoms. The highest BCUT2D eigenvalue weighted by molar-refractivity contribution is 5.96. The molecule has 0 aliphatic heterocycles. The minimum atomic E-state index is -0.292. The highest BCUT2D eigenvalue weighted by Gasteiger charge is 2.05. The first-order chi connectivity index (χ1) is 8.24. The van der Waals surface area contributed by atoms with E-state index in [-0.39, 0.29) is 18.3 Å². The van der Waals surface area contributed by atoms with E-state index in [9.17, 15) is 9.59 Å². The third-order valence-corrected chi connectivity index (χ3v) is 2.20. The molecule has 0 amide bonds. The molecule has 0 aliphatic rings. The summed E-state index contributed by atoms with van der Waals surface area (Å²) in [7, 11) is 0. The van der Waals surface area contributed by atoms with Crippen LogP contribution in [0.15, 0.2) is 30.3 Å². The van der Waals surface area contributed by atoms with Gasteiger partial charge in [0.25, 0.3) is 0 Å². The van der Waals surface area contributed by atoms with Gasteiger partial charge in [-0.2, -0.15) is 0 Å². The summed E-state index contributed by atoms with van der Waals surface area (Å²) in [6, 6.07) is 9.11. The van der Waals surface area contributed by atoms with Gasteiger partial charge in [-0.1, -0.05) is 30.3 Å². The van der Waals surface area contributed by atoms with Gasteiger partial charge in [0.05, 0.1) is 13.2 Å². The largest absolute Gasteiger partial charge is 0.465 e. The Morgan fingerprint density at radius 1 is 1.24 bits per heavy atom. The SMILES string of the molecule is CCOC(=O)CNCCC(=O)c1ccccc1. The fraction of sp³-hybridized carbons (Fsp3) is 0.385. The van der Waals surface area contributed by atoms with Gasteiger partial charge in [-0.15, -0.1) is 0 Å².